The third kappa shape index (κ3) is 2.13. The van der Waals surface area contributed by atoms with Gasteiger partial charge in [-0.2, -0.15) is 0 Å². The molecule has 0 spiro atoms. The summed E-state index contributed by atoms with van der Waals surface area (Å²) in [4.78, 5) is 15.7. The number of rotatable bonds is 3. The Bertz CT molecular complexity index is 541. The monoisotopic (exact) mass is 218 g/mol. The fourth-order valence-electron chi connectivity index (χ4n) is 1.58. The van der Waals surface area contributed by atoms with Crippen LogP contribution >= 0.6 is 0 Å². The quantitative estimate of drug-likeness (QED) is 0.811. The third-order valence-electron chi connectivity index (χ3n) is 2.50. The molecule has 2 N–H and O–H groups in total. The third-order valence-corrected chi connectivity index (χ3v) is 2.50. The van der Waals surface area contributed by atoms with Crippen LogP contribution in [0.15, 0.2) is 35.5 Å². The number of hydrogen-bond donors (Lipinski definition) is 1. The fourth-order valence-corrected chi connectivity index (χ4v) is 1.58. The lowest BCUT2D eigenvalue weighted by Gasteiger charge is -2.06. The molecule has 0 bridgehead atoms. The van der Waals surface area contributed by atoms with Crippen molar-refractivity contribution in [3.8, 4) is 0 Å². The van der Waals surface area contributed by atoms with E-state index < -0.39 is 0 Å². The summed E-state index contributed by atoms with van der Waals surface area (Å²) < 4.78 is 3.54. The van der Waals surface area contributed by atoms with Crippen LogP contribution in [0, 0.1) is 0 Å². The zero-order valence-electron chi connectivity index (χ0n) is 9.13. The van der Waals surface area contributed by atoms with Crippen molar-refractivity contribution >= 4 is 5.69 Å². The number of nitrogen functional groups attached to an aromatic ring is 1. The summed E-state index contributed by atoms with van der Waals surface area (Å²) in [6.45, 7) is 0.592. The molecule has 2 aromatic heterocycles. The maximum absolute atomic E-state index is 11.5. The average molecular weight is 218 g/mol. The molecule has 0 aliphatic carbocycles. The summed E-state index contributed by atoms with van der Waals surface area (Å²) >= 11 is 0. The largest absolute Gasteiger partial charge is 0.398 e. The highest BCUT2D eigenvalue weighted by atomic mass is 16.1. The van der Waals surface area contributed by atoms with Crippen LogP contribution in [-0.2, 0) is 20.0 Å². The minimum atomic E-state index is -0.0385. The van der Waals surface area contributed by atoms with Gasteiger partial charge in [-0.3, -0.25) is 4.79 Å². The van der Waals surface area contributed by atoms with E-state index in [9.17, 15) is 4.79 Å². The molecular weight excluding hydrogens is 204 g/mol. The number of pyridine rings is 1. The van der Waals surface area contributed by atoms with Gasteiger partial charge in [-0.1, -0.05) is 0 Å². The van der Waals surface area contributed by atoms with Crippen LogP contribution in [0.2, 0.25) is 0 Å². The van der Waals surface area contributed by atoms with Gasteiger partial charge in [0.05, 0.1) is 0 Å². The molecule has 0 aromatic carbocycles. The molecule has 0 amide bonds. The Hall–Kier alpha value is -2.04. The van der Waals surface area contributed by atoms with E-state index in [0.29, 0.717) is 18.7 Å². The van der Waals surface area contributed by atoms with Gasteiger partial charge in [0.25, 0.3) is 5.56 Å². The van der Waals surface area contributed by atoms with Crippen molar-refractivity contribution in [2.45, 2.75) is 13.0 Å². The van der Waals surface area contributed by atoms with Crippen molar-refractivity contribution in [2.75, 3.05) is 5.73 Å². The van der Waals surface area contributed by atoms with Crippen LogP contribution in [0.3, 0.4) is 0 Å². The van der Waals surface area contributed by atoms with E-state index in [1.54, 1.807) is 23.0 Å². The number of nitrogens with two attached hydrogens (primary N) is 1. The van der Waals surface area contributed by atoms with Crippen molar-refractivity contribution in [2.24, 2.45) is 7.05 Å². The fraction of sp³-hybridized carbons (Fsp3) is 0.273. The molecule has 2 rings (SSSR count). The Balaban J connectivity index is 2.13. The lowest BCUT2D eigenvalue weighted by Crippen LogP contribution is -2.20. The van der Waals surface area contributed by atoms with Gasteiger partial charge >= 0.3 is 0 Å². The van der Waals surface area contributed by atoms with Crippen LogP contribution in [0.4, 0.5) is 5.69 Å². The first-order valence-corrected chi connectivity index (χ1v) is 5.09. The van der Waals surface area contributed by atoms with Crippen LogP contribution in [-0.4, -0.2) is 14.1 Å². The molecular formula is C11H14N4O. The summed E-state index contributed by atoms with van der Waals surface area (Å²) in [5.41, 5.74) is 6.18. The Labute approximate surface area is 93.2 Å². The highest BCUT2D eigenvalue weighted by Gasteiger charge is 2.01. The van der Waals surface area contributed by atoms with Gasteiger partial charge in [0.2, 0.25) is 0 Å². The predicted molar refractivity (Wildman–Crippen MR) is 62.0 cm³/mol. The zero-order chi connectivity index (χ0) is 11.5. The zero-order valence-corrected chi connectivity index (χ0v) is 9.13. The topological polar surface area (TPSA) is 65.8 Å². The van der Waals surface area contributed by atoms with Gasteiger partial charge in [-0.25, -0.2) is 4.98 Å². The molecule has 0 aliphatic rings. The number of hydrogen-bond acceptors (Lipinski definition) is 3. The van der Waals surface area contributed by atoms with Gasteiger partial charge in [-0.15, -0.1) is 0 Å². The van der Waals surface area contributed by atoms with E-state index in [-0.39, 0.29) is 5.56 Å². The van der Waals surface area contributed by atoms with Gasteiger partial charge < -0.3 is 14.9 Å². The molecule has 0 unspecified atom stereocenters. The average Bonchev–Trinajstić information content (AvgIpc) is 2.66. The molecule has 2 aromatic rings. The molecule has 5 nitrogen and oxygen atoms in total. The first-order chi connectivity index (χ1) is 7.66. The Morgan fingerprint density at radius 1 is 1.44 bits per heavy atom. The highest BCUT2D eigenvalue weighted by molar-refractivity contribution is 5.33. The molecule has 16 heavy (non-hydrogen) atoms. The summed E-state index contributed by atoms with van der Waals surface area (Å²) in [6.07, 6.45) is 6.01. The molecule has 2 heterocycles. The summed E-state index contributed by atoms with van der Waals surface area (Å²) in [5.74, 6) is 0.953. The van der Waals surface area contributed by atoms with E-state index >= 15 is 0 Å². The summed E-state index contributed by atoms with van der Waals surface area (Å²) in [6, 6.07) is 3.09. The first kappa shape index (κ1) is 10.5. The van der Waals surface area contributed by atoms with Gasteiger partial charge in [-0.05, 0) is 6.07 Å². The number of imidazole rings is 1. The maximum atomic E-state index is 11.5. The minimum Gasteiger partial charge on any atom is -0.398 e. The summed E-state index contributed by atoms with van der Waals surface area (Å²) in [7, 11) is 1.93. The molecule has 0 saturated carbocycles. The van der Waals surface area contributed by atoms with E-state index in [2.05, 4.69) is 4.98 Å². The van der Waals surface area contributed by atoms with Crippen molar-refractivity contribution in [1.82, 2.24) is 14.1 Å². The second kappa shape index (κ2) is 4.22. The Kier molecular flexibility index (Phi) is 2.76. The Morgan fingerprint density at radius 2 is 2.25 bits per heavy atom. The number of nitrogens with zero attached hydrogens (tertiary/aromatic N) is 3. The lowest BCUT2D eigenvalue weighted by atomic mass is 10.3. The second-order valence-corrected chi connectivity index (χ2v) is 3.70. The standard InChI is InChI=1S/C11H14N4O/c1-14-7-5-13-10(14)4-6-15-8-9(12)2-3-11(15)16/h2-3,5,7-8H,4,6,12H2,1H3. The van der Waals surface area contributed by atoms with E-state index in [1.165, 1.54) is 6.07 Å². The maximum Gasteiger partial charge on any atom is 0.250 e. The van der Waals surface area contributed by atoms with Crippen molar-refractivity contribution < 1.29 is 0 Å². The number of anilines is 1. The van der Waals surface area contributed by atoms with Gasteiger partial charge in [0.15, 0.2) is 0 Å². The van der Waals surface area contributed by atoms with Crippen molar-refractivity contribution in [3.63, 3.8) is 0 Å². The molecule has 84 valence electrons. The molecule has 0 aliphatic heterocycles. The van der Waals surface area contributed by atoms with Crippen LogP contribution in [0.1, 0.15) is 5.82 Å². The van der Waals surface area contributed by atoms with Crippen molar-refractivity contribution in [1.29, 1.82) is 0 Å². The van der Waals surface area contributed by atoms with Crippen LogP contribution < -0.4 is 11.3 Å². The molecule has 5 heteroatoms. The smallest absolute Gasteiger partial charge is 0.250 e. The SMILES string of the molecule is Cn1ccnc1CCn1cc(N)ccc1=O. The van der Waals surface area contributed by atoms with Crippen molar-refractivity contribution in [3.05, 3.63) is 46.9 Å². The molecule has 0 atom stereocenters. The normalized spacial score (nSPS) is 10.6. The van der Waals surface area contributed by atoms with Gasteiger partial charge in [0, 0.05) is 50.4 Å². The number of aromatic nitrogens is 3. The first-order valence-electron chi connectivity index (χ1n) is 5.09. The van der Waals surface area contributed by atoms with Gasteiger partial charge in [0.1, 0.15) is 5.82 Å². The number of aryl methyl sites for hydroxylation is 3. The summed E-state index contributed by atoms with van der Waals surface area (Å²) in [5, 5.41) is 0. The molecule has 0 saturated heterocycles. The van der Waals surface area contributed by atoms with E-state index in [1.807, 2.05) is 17.8 Å². The predicted octanol–water partition coefficient (Wildman–Crippen LogP) is 0.407. The second-order valence-electron chi connectivity index (χ2n) is 3.70. The van der Waals surface area contributed by atoms with E-state index in [0.717, 1.165) is 5.82 Å². The van der Waals surface area contributed by atoms with Crippen LogP contribution in [0.5, 0.6) is 0 Å². The molecule has 0 fully saturated rings. The lowest BCUT2D eigenvalue weighted by molar-refractivity contribution is 0.633. The Morgan fingerprint density at radius 3 is 2.94 bits per heavy atom. The molecule has 0 radical (unpaired) electrons. The van der Waals surface area contributed by atoms with Crippen LogP contribution in [0.25, 0.3) is 0 Å². The highest BCUT2D eigenvalue weighted by Crippen LogP contribution is 2.00. The minimum absolute atomic E-state index is 0.0385. The van der Waals surface area contributed by atoms with E-state index in [4.69, 9.17) is 5.73 Å².